The molecule has 0 radical (unpaired) electrons. The van der Waals surface area contributed by atoms with E-state index in [0.29, 0.717) is 48.9 Å². The molecule has 0 unspecified atom stereocenters. The second-order valence-corrected chi connectivity index (χ2v) is 9.32. The fraction of sp³-hybridized carbons (Fsp3) is 0.261. The van der Waals surface area contributed by atoms with E-state index < -0.39 is 10.0 Å². The van der Waals surface area contributed by atoms with Crippen LogP contribution in [0.25, 0.3) is 10.8 Å². The molecule has 31 heavy (non-hydrogen) atoms. The summed E-state index contributed by atoms with van der Waals surface area (Å²) in [6.45, 7) is 3.32. The molecule has 0 bridgehead atoms. The van der Waals surface area contributed by atoms with Gasteiger partial charge in [0.25, 0.3) is 10.0 Å². The summed E-state index contributed by atoms with van der Waals surface area (Å²) in [4.78, 5) is 15.1. The number of hydrogen-bond acceptors (Lipinski definition) is 5. The molecule has 0 saturated carbocycles. The molecule has 7 nitrogen and oxygen atoms in total. The van der Waals surface area contributed by atoms with Crippen molar-refractivity contribution in [3.63, 3.8) is 0 Å². The van der Waals surface area contributed by atoms with Gasteiger partial charge in [0.1, 0.15) is 19.8 Å². The van der Waals surface area contributed by atoms with Crippen LogP contribution in [-0.4, -0.2) is 45.5 Å². The number of likely N-dealkylation sites (N-methyl/N-ethyl adjacent to an activating group) is 1. The molecule has 0 aromatic heterocycles. The van der Waals surface area contributed by atoms with E-state index in [-0.39, 0.29) is 17.3 Å². The number of sulfonamides is 1. The molecular formula is C23H22N2O5S. The topological polar surface area (TPSA) is 76.2 Å². The maximum atomic E-state index is 13.2. The standard InChI is InChI=1S/C23H22N2O5S/c1-2-24(14-17-8-4-10-19-23(17)30-13-12-29-19)21(26)15-25-18-9-3-6-16-7-5-11-20(22(16)18)31(25,27)28/h3-11H,2,12-15H2,1H3. The van der Waals surface area contributed by atoms with E-state index in [9.17, 15) is 13.2 Å². The molecule has 3 aromatic rings. The number of anilines is 1. The Labute approximate surface area is 180 Å². The minimum Gasteiger partial charge on any atom is -0.486 e. The van der Waals surface area contributed by atoms with Crippen molar-refractivity contribution in [3.05, 3.63) is 60.2 Å². The van der Waals surface area contributed by atoms with Crippen LogP contribution in [-0.2, 0) is 21.4 Å². The third kappa shape index (κ3) is 3.18. The minimum atomic E-state index is -3.78. The molecule has 2 aliphatic heterocycles. The summed E-state index contributed by atoms with van der Waals surface area (Å²) >= 11 is 0. The van der Waals surface area contributed by atoms with Gasteiger partial charge in [-0.25, -0.2) is 8.42 Å². The van der Waals surface area contributed by atoms with Gasteiger partial charge in [0.15, 0.2) is 11.5 Å². The number of ether oxygens (including phenoxy) is 2. The first-order chi connectivity index (χ1) is 15.0. The Morgan fingerprint density at radius 2 is 1.77 bits per heavy atom. The van der Waals surface area contributed by atoms with Crippen molar-refractivity contribution in [3.8, 4) is 11.5 Å². The number of fused-ring (bicyclic) bond motifs is 1. The number of carbonyl (C=O) groups is 1. The molecule has 5 rings (SSSR count). The summed E-state index contributed by atoms with van der Waals surface area (Å²) in [5.74, 6) is 1.03. The predicted octanol–water partition coefficient (Wildman–Crippen LogP) is 3.17. The number of benzene rings is 3. The molecule has 0 saturated heterocycles. The molecule has 160 valence electrons. The minimum absolute atomic E-state index is 0.249. The molecule has 0 spiro atoms. The zero-order chi connectivity index (χ0) is 21.6. The summed E-state index contributed by atoms with van der Waals surface area (Å²) in [5, 5.41) is 1.51. The van der Waals surface area contributed by atoms with Gasteiger partial charge in [0.05, 0.1) is 10.6 Å². The average Bonchev–Trinajstić information content (AvgIpc) is 3.00. The highest BCUT2D eigenvalue weighted by Gasteiger charge is 2.37. The lowest BCUT2D eigenvalue weighted by molar-refractivity contribution is -0.129. The number of nitrogens with zero attached hydrogens (tertiary/aromatic N) is 2. The first-order valence-electron chi connectivity index (χ1n) is 10.2. The Hall–Kier alpha value is -3.26. The Balaban J connectivity index is 1.43. The van der Waals surface area contributed by atoms with Crippen molar-refractivity contribution in [2.75, 3.05) is 30.6 Å². The van der Waals surface area contributed by atoms with Crippen molar-refractivity contribution in [2.45, 2.75) is 18.4 Å². The Morgan fingerprint density at radius 1 is 1.03 bits per heavy atom. The lowest BCUT2D eigenvalue weighted by Gasteiger charge is -2.27. The highest BCUT2D eigenvalue weighted by molar-refractivity contribution is 7.93. The van der Waals surface area contributed by atoms with E-state index in [0.717, 1.165) is 10.9 Å². The van der Waals surface area contributed by atoms with Gasteiger partial charge >= 0.3 is 0 Å². The first kappa shape index (κ1) is 19.7. The van der Waals surface area contributed by atoms with Crippen LogP contribution in [0.2, 0.25) is 0 Å². The molecule has 3 aromatic carbocycles. The number of para-hydroxylation sites is 1. The lowest BCUT2D eigenvalue weighted by atomic mass is 10.1. The number of amides is 1. The van der Waals surface area contributed by atoms with Crippen molar-refractivity contribution >= 4 is 32.4 Å². The second-order valence-electron chi connectivity index (χ2n) is 7.49. The van der Waals surface area contributed by atoms with Crippen LogP contribution >= 0.6 is 0 Å². The van der Waals surface area contributed by atoms with Crippen LogP contribution in [0.1, 0.15) is 12.5 Å². The van der Waals surface area contributed by atoms with Gasteiger partial charge in [-0.2, -0.15) is 0 Å². The molecule has 8 heteroatoms. The lowest BCUT2D eigenvalue weighted by Crippen LogP contribution is -2.41. The van der Waals surface area contributed by atoms with Gasteiger partial charge in [-0.3, -0.25) is 9.10 Å². The summed E-state index contributed by atoms with van der Waals surface area (Å²) in [6, 6.07) is 16.2. The van der Waals surface area contributed by atoms with Gasteiger partial charge in [0.2, 0.25) is 5.91 Å². The largest absolute Gasteiger partial charge is 0.486 e. The normalized spacial score (nSPS) is 15.8. The molecular weight excluding hydrogens is 416 g/mol. The average molecular weight is 439 g/mol. The third-order valence-electron chi connectivity index (χ3n) is 5.70. The fourth-order valence-corrected chi connectivity index (χ4v) is 5.85. The predicted molar refractivity (Wildman–Crippen MR) is 117 cm³/mol. The third-order valence-corrected chi connectivity index (χ3v) is 7.51. The van der Waals surface area contributed by atoms with Crippen LogP contribution in [0.4, 0.5) is 5.69 Å². The van der Waals surface area contributed by atoms with Gasteiger partial charge < -0.3 is 14.4 Å². The summed E-state index contributed by atoms with van der Waals surface area (Å²) in [7, 11) is -3.78. The van der Waals surface area contributed by atoms with E-state index in [1.54, 1.807) is 23.1 Å². The fourth-order valence-electron chi connectivity index (χ4n) is 4.19. The van der Waals surface area contributed by atoms with E-state index in [2.05, 4.69) is 0 Å². The van der Waals surface area contributed by atoms with Crippen LogP contribution in [0.5, 0.6) is 11.5 Å². The molecule has 2 heterocycles. The van der Waals surface area contributed by atoms with Crippen LogP contribution in [0.15, 0.2) is 59.5 Å². The van der Waals surface area contributed by atoms with Crippen LogP contribution < -0.4 is 13.8 Å². The van der Waals surface area contributed by atoms with Crippen LogP contribution in [0, 0.1) is 0 Å². The van der Waals surface area contributed by atoms with E-state index in [1.165, 1.54) is 4.31 Å². The molecule has 0 N–H and O–H groups in total. The van der Waals surface area contributed by atoms with E-state index >= 15 is 0 Å². The smallest absolute Gasteiger partial charge is 0.265 e. The molecule has 2 aliphatic rings. The summed E-state index contributed by atoms with van der Waals surface area (Å²) in [6.07, 6.45) is 0. The van der Waals surface area contributed by atoms with Gasteiger partial charge in [-0.05, 0) is 30.5 Å². The number of rotatable bonds is 5. The highest BCUT2D eigenvalue weighted by atomic mass is 32.2. The monoisotopic (exact) mass is 438 g/mol. The van der Waals surface area contributed by atoms with Crippen molar-refractivity contribution in [1.82, 2.24) is 4.90 Å². The molecule has 0 fully saturated rings. The Kier molecular flexibility index (Phi) is 4.74. The van der Waals surface area contributed by atoms with Gasteiger partial charge in [-0.15, -0.1) is 0 Å². The first-order valence-corrected chi connectivity index (χ1v) is 11.6. The molecule has 0 aliphatic carbocycles. The maximum Gasteiger partial charge on any atom is 0.265 e. The van der Waals surface area contributed by atoms with Gasteiger partial charge in [-0.1, -0.05) is 36.4 Å². The number of carbonyl (C=O) groups excluding carboxylic acids is 1. The van der Waals surface area contributed by atoms with E-state index in [1.807, 2.05) is 43.3 Å². The van der Waals surface area contributed by atoms with Crippen LogP contribution in [0.3, 0.4) is 0 Å². The summed E-state index contributed by atoms with van der Waals surface area (Å²) < 4.78 is 39.0. The van der Waals surface area contributed by atoms with Crippen molar-refractivity contribution < 1.29 is 22.7 Å². The van der Waals surface area contributed by atoms with Crippen molar-refractivity contribution in [1.29, 1.82) is 0 Å². The second kappa shape index (κ2) is 7.46. The summed E-state index contributed by atoms with van der Waals surface area (Å²) in [5.41, 5.74) is 1.38. The number of hydrogen-bond donors (Lipinski definition) is 0. The zero-order valence-corrected chi connectivity index (χ0v) is 17.9. The molecule has 0 atom stereocenters. The Bertz CT molecular complexity index is 1280. The highest BCUT2D eigenvalue weighted by Crippen LogP contribution is 2.42. The van der Waals surface area contributed by atoms with E-state index in [4.69, 9.17) is 9.47 Å². The van der Waals surface area contributed by atoms with Gasteiger partial charge in [0, 0.05) is 24.0 Å². The Morgan fingerprint density at radius 3 is 2.58 bits per heavy atom. The van der Waals surface area contributed by atoms with Crippen molar-refractivity contribution in [2.24, 2.45) is 0 Å². The maximum absolute atomic E-state index is 13.2. The zero-order valence-electron chi connectivity index (χ0n) is 17.1. The molecule has 1 amide bonds. The quantitative estimate of drug-likeness (QED) is 0.612. The SMILES string of the molecule is CCN(Cc1cccc2c1OCCO2)C(=O)CN1c2cccc3cccc(c23)S1(=O)=O.